The number of aromatic nitrogens is 5. The molecule has 17 aromatic rings. The smallest absolute Gasteiger partial charge is 0.238 e. The lowest BCUT2D eigenvalue weighted by atomic mass is 9.98. The highest BCUT2D eigenvalue weighted by molar-refractivity contribution is 7.26. The Labute approximate surface area is 447 Å². The van der Waals surface area contributed by atoms with Gasteiger partial charge >= 0.3 is 0 Å². The summed E-state index contributed by atoms with van der Waals surface area (Å²) in [6.07, 6.45) is 0. The number of nitrogens with zero attached hydrogens (tertiary/aromatic N) is 5. The lowest BCUT2D eigenvalue weighted by molar-refractivity contribution is 0.669. The van der Waals surface area contributed by atoms with Crippen molar-refractivity contribution in [1.29, 1.82) is 0 Å². The van der Waals surface area contributed by atoms with Crippen LogP contribution in [0.4, 0.5) is 0 Å². The molecule has 0 atom stereocenters. The summed E-state index contributed by atoms with van der Waals surface area (Å²) in [5.74, 6) is 1.73. The maximum Gasteiger partial charge on any atom is 0.238 e. The van der Waals surface area contributed by atoms with Crippen molar-refractivity contribution in [2.45, 2.75) is 0 Å². The molecule has 0 aliphatic heterocycles. The summed E-state index contributed by atoms with van der Waals surface area (Å²) in [5.41, 5.74) is 13.7. The highest BCUT2D eigenvalue weighted by Crippen LogP contribution is 2.45. The summed E-state index contributed by atoms with van der Waals surface area (Å²) in [6, 6.07) is 85.0. The minimum atomic E-state index is 0.556. The van der Waals surface area contributed by atoms with Crippen LogP contribution in [0.25, 0.3) is 163 Å². The average molecular weight is 1020 g/mol. The van der Waals surface area contributed by atoms with Gasteiger partial charge in [0.25, 0.3) is 0 Å². The van der Waals surface area contributed by atoms with Gasteiger partial charge in [-0.3, -0.25) is 4.57 Å². The second-order valence-corrected chi connectivity index (χ2v) is 22.0. The topological polar surface area (TPSA) is 61.7 Å². The van der Waals surface area contributed by atoms with E-state index in [9.17, 15) is 0 Å². The molecule has 17 rings (SSSR count). The molecular formula is C69H39N5OS2. The lowest BCUT2D eigenvalue weighted by Crippen LogP contribution is -2.06. The molecule has 0 fully saturated rings. The summed E-state index contributed by atoms with van der Waals surface area (Å²) in [6.45, 7) is 0. The van der Waals surface area contributed by atoms with Crippen LogP contribution < -0.4 is 0 Å². The third-order valence-corrected chi connectivity index (χ3v) is 18.0. The van der Waals surface area contributed by atoms with Gasteiger partial charge in [0.1, 0.15) is 11.2 Å². The molecule has 0 radical (unpaired) electrons. The predicted octanol–water partition coefficient (Wildman–Crippen LogP) is 19.4. The summed E-state index contributed by atoms with van der Waals surface area (Å²) >= 11 is 3.66. The zero-order chi connectivity index (χ0) is 50.3. The molecule has 0 spiro atoms. The van der Waals surface area contributed by atoms with Crippen LogP contribution in [-0.2, 0) is 0 Å². The number of furan rings is 1. The number of thiophene rings is 2. The number of benzene rings is 11. The van der Waals surface area contributed by atoms with Gasteiger partial charge in [0.2, 0.25) is 5.95 Å². The second-order valence-electron chi connectivity index (χ2n) is 19.9. The Morgan fingerprint density at radius 1 is 0.312 bits per heavy atom. The zero-order valence-corrected chi connectivity index (χ0v) is 42.6. The average Bonchev–Trinajstić information content (AvgIpc) is 4.32. The number of fused-ring (bicyclic) bond motifs is 15. The van der Waals surface area contributed by atoms with Crippen molar-refractivity contribution < 1.29 is 4.42 Å². The van der Waals surface area contributed by atoms with E-state index in [-0.39, 0.29) is 0 Å². The van der Waals surface area contributed by atoms with E-state index in [1.165, 1.54) is 73.3 Å². The van der Waals surface area contributed by atoms with E-state index in [1.807, 2.05) is 23.5 Å². The van der Waals surface area contributed by atoms with Gasteiger partial charge in [-0.25, -0.2) is 4.98 Å². The summed E-state index contributed by atoms with van der Waals surface area (Å²) in [7, 11) is 0. The van der Waals surface area contributed by atoms with Crippen LogP contribution in [0, 0.1) is 0 Å². The van der Waals surface area contributed by atoms with Crippen LogP contribution in [0.2, 0.25) is 0 Å². The van der Waals surface area contributed by atoms with E-state index in [0.29, 0.717) is 17.6 Å². The van der Waals surface area contributed by atoms with Crippen molar-refractivity contribution in [3.05, 3.63) is 237 Å². The van der Waals surface area contributed by atoms with Crippen molar-refractivity contribution in [2.75, 3.05) is 0 Å². The molecular weight excluding hydrogens is 979 g/mol. The van der Waals surface area contributed by atoms with Gasteiger partial charge in [-0.15, -0.1) is 22.7 Å². The molecule has 11 aromatic carbocycles. The molecule has 0 unspecified atom stereocenters. The van der Waals surface area contributed by atoms with Crippen molar-refractivity contribution in [1.82, 2.24) is 24.1 Å². The molecule has 6 heterocycles. The molecule has 0 saturated carbocycles. The van der Waals surface area contributed by atoms with Crippen molar-refractivity contribution in [3.8, 4) is 56.7 Å². The fourth-order valence-corrected chi connectivity index (χ4v) is 14.5. The number of para-hydroxylation sites is 4. The molecule has 0 saturated heterocycles. The predicted molar refractivity (Wildman–Crippen MR) is 323 cm³/mol. The Kier molecular flexibility index (Phi) is 9.07. The van der Waals surface area contributed by atoms with E-state index in [4.69, 9.17) is 19.4 Å². The van der Waals surface area contributed by atoms with E-state index in [1.54, 1.807) is 11.3 Å². The first kappa shape index (κ1) is 42.6. The zero-order valence-electron chi connectivity index (χ0n) is 41.0. The van der Waals surface area contributed by atoms with Gasteiger partial charge < -0.3 is 8.98 Å². The van der Waals surface area contributed by atoms with Crippen LogP contribution in [0.3, 0.4) is 0 Å². The monoisotopic (exact) mass is 1020 g/mol. The Morgan fingerprint density at radius 2 is 0.896 bits per heavy atom. The van der Waals surface area contributed by atoms with Crippen molar-refractivity contribution in [2.24, 2.45) is 0 Å². The molecule has 8 heteroatoms. The second kappa shape index (κ2) is 16.4. The highest BCUT2D eigenvalue weighted by atomic mass is 32.1. The number of hydrogen-bond acceptors (Lipinski definition) is 6. The minimum Gasteiger partial charge on any atom is -0.456 e. The number of rotatable bonds is 6. The molecule has 0 amide bonds. The fraction of sp³-hybridized carbons (Fsp3) is 0. The molecule has 0 aliphatic rings. The number of hydrogen-bond donors (Lipinski definition) is 0. The van der Waals surface area contributed by atoms with Gasteiger partial charge in [-0.2, -0.15) is 9.97 Å². The minimum absolute atomic E-state index is 0.556. The van der Waals surface area contributed by atoms with Crippen LogP contribution in [-0.4, -0.2) is 24.1 Å². The Balaban J connectivity index is 0.812. The van der Waals surface area contributed by atoms with Crippen LogP contribution in [0.1, 0.15) is 0 Å². The Morgan fingerprint density at radius 3 is 1.71 bits per heavy atom. The van der Waals surface area contributed by atoms with Crippen LogP contribution in [0.5, 0.6) is 0 Å². The van der Waals surface area contributed by atoms with Crippen LogP contribution >= 0.6 is 22.7 Å². The highest BCUT2D eigenvalue weighted by Gasteiger charge is 2.22. The van der Waals surface area contributed by atoms with E-state index < -0.39 is 0 Å². The van der Waals surface area contributed by atoms with E-state index >= 15 is 0 Å². The molecule has 6 nitrogen and oxygen atoms in total. The molecule has 6 aromatic heterocycles. The normalized spacial score (nSPS) is 12.2. The summed E-state index contributed by atoms with van der Waals surface area (Å²) in [4.78, 5) is 16.1. The first-order valence-corrected chi connectivity index (χ1v) is 27.5. The molecule has 0 bridgehead atoms. The first-order valence-electron chi connectivity index (χ1n) is 25.8. The SMILES string of the molecule is c1ccc(-n2c3ccccc3c3cc(-c4cccc5c4sc4ccc(-c6ccc7oc8cccc(-c9nc(-c%10ccc%11c(c%10)sc%10ccccc%10%11)nc(-n%10c%11ccccc%11c%11ccccc%11%10)n9)c8c7c6)cc45)ccc32)cc1. The quantitative estimate of drug-likeness (QED) is 0.166. The molecule has 0 N–H and O–H groups in total. The summed E-state index contributed by atoms with van der Waals surface area (Å²) in [5, 5.41) is 11.7. The maximum atomic E-state index is 6.69. The van der Waals surface area contributed by atoms with Gasteiger partial charge in [-0.05, 0) is 107 Å². The van der Waals surface area contributed by atoms with Crippen molar-refractivity contribution in [3.63, 3.8) is 0 Å². The molecule has 0 aliphatic carbocycles. The third kappa shape index (κ3) is 6.43. The standard InChI is InChI=1S/C69H39N5OS2/c1-2-14-44(15-3-1)73-56-23-8-6-18-48(56)53-38-42(29-33-59(53)73)45-20-12-21-51-54-36-41(31-35-63(54)77-66(45)51)40-30-34-60-55(37-40)65-52(22-13-26-61(65)75-60)68-70-67(43-28-32-50-49-19-7-11-27-62(49)76-64(50)39-43)71-69(72-68)74-57-24-9-4-16-46(57)47-17-5-10-25-58(47)74/h1-39H. The largest absolute Gasteiger partial charge is 0.456 e. The Bertz CT molecular complexity index is 5260. The maximum absolute atomic E-state index is 6.69. The fourth-order valence-electron chi connectivity index (χ4n) is 12.1. The van der Waals surface area contributed by atoms with Gasteiger partial charge in [-0.1, -0.05) is 152 Å². The summed E-state index contributed by atoms with van der Waals surface area (Å²) < 4.78 is 16.2. The Hall–Kier alpha value is -9.73. The van der Waals surface area contributed by atoms with Gasteiger partial charge in [0.15, 0.2) is 11.6 Å². The lowest BCUT2D eigenvalue weighted by Gasteiger charge is -2.11. The van der Waals surface area contributed by atoms with E-state index in [0.717, 1.165) is 71.7 Å². The van der Waals surface area contributed by atoms with E-state index in [2.05, 4.69) is 234 Å². The van der Waals surface area contributed by atoms with Crippen LogP contribution in [0.15, 0.2) is 241 Å². The third-order valence-electron chi connectivity index (χ3n) is 15.6. The first-order chi connectivity index (χ1) is 38.1. The van der Waals surface area contributed by atoms with Crippen molar-refractivity contribution >= 4 is 129 Å². The molecule has 358 valence electrons. The molecule has 77 heavy (non-hydrogen) atoms. The van der Waals surface area contributed by atoms with Gasteiger partial charge in [0, 0.05) is 89.5 Å². The van der Waals surface area contributed by atoms with Gasteiger partial charge in [0.05, 0.1) is 22.1 Å².